The number of hydrogen-bond donors (Lipinski definition) is 2. The molecule has 0 fully saturated rings. The van der Waals surface area contributed by atoms with Gasteiger partial charge in [-0.05, 0) is 28.1 Å². The zero-order valence-corrected chi connectivity index (χ0v) is 12.3. The molecule has 3 N–H and O–H groups in total. The van der Waals surface area contributed by atoms with Crippen LogP contribution in [0.1, 0.15) is 15.2 Å². The van der Waals surface area contributed by atoms with Crippen molar-refractivity contribution in [2.75, 3.05) is 5.32 Å². The van der Waals surface area contributed by atoms with Gasteiger partial charge in [0.2, 0.25) is 5.91 Å². The molecule has 0 unspecified atom stereocenters. The van der Waals surface area contributed by atoms with Gasteiger partial charge < -0.3 is 11.1 Å². The molecule has 2 heterocycles. The van der Waals surface area contributed by atoms with E-state index in [1.807, 2.05) is 6.07 Å². The number of carbonyl (C=O) groups is 1. The third-order valence-corrected chi connectivity index (χ3v) is 4.27. The summed E-state index contributed by atoms with van der Waals surface area (Å²) in [6, 6.07) is 3.62. The number of amides is 1. The first-order valence-electron chi connectivity index (χ1n) is 4.98. The van der Waals surface area contributed by atoms with Crippen LogP contribution in [0.25, 0.3) is 0 Å². The molecule has 18 heavy (non-hydrogen) atoms. The second kappa shape index (κ2) is 5.69. The number of aromatic nitrogens is 1. The molecule has 0 atom stereocenters. The first kappa shape index (κ1) is 13.3. The van der Waals surface area contributed by atoms with Crippen molar-refractivity contribution in [2.24, 2.45) is 5.73 Å². The van der Waals surface area contributed by atoms with Gasteiger partial charge in [-0.2, -0.15) is 0 Å². The Kier molecular flexibility index (Phi) is 4.21. The van der Waals surface area contributed by atoms with Crippen molar-refractivity contribution < 1.29 is 4.79 Å². The van der Waals surface area contributed by atoms with Gasteiger partial charge in [0.25, 0.3) is 0 Å². The summed E-state index contributed by atoms with van der Waals surface area (Å²) in [5.41, 5.74) is 6.57. The molecular weight excluding hydrogens is 338 g/mol. The van der Waals surface area contributed by atoms with Crippen LogP contribution in [0.3, 0.4) is 0 Å². The lowest BCUT2D eigenvalue weighted by atomic mass is 10.3. The number of nitrogens with one attached hydrogen (secondary N) is 1. The van der Waals surface area contributed by atoms with E-state index in [4.69, 9.17) is 17.3 Å². The molecule has 4 nitrogen and oxygen atoms in total. The third kappa shape index (κ3) is 3.22. The van der Waals surface area contributed by atoms with E-state index in [1.165, 1.54) is 11.3 Å². The molecule has 0 aliphatic carbocycles. The van der Waals surface area contributed by atoms with Crippen molar-refractivity contribution >= 4 is 50.5 Å². The Balaban J connectivity index is 2.02. The van der Waals surface area contributed by atoms with E-state index in [2.05, 4.69) is 26.2 Å². The number of primary amides is 1. The van der Waals surface area contributed by atoms with Crippen LogP contribution in [-0.2, 0) is 6.54 Å². The maximum Gasteiger partial charge on any atom is 0.249 e. The van der Waals surface area contributed by atoms with Crippen LogP contribution in [0.15, 0.2) is 28.2 Å². The molecule has 0 saturated heterocycles. The molecule has 0 saturated carbocycles. The summed E-state index contributed by atoms with van der Waals surface area (Å²) < 4.78 is 0.734. The topological polar surface area (TPSA) is 68.0 Å². The Labute approximate surface area is 121 Å². The molecular formula is C11H9BrClN3OS. The fraction of sp³-hybridized carbons (Fsp3) is 0.0909. The summed E-state index contributed by atoms with van der Waals surface area (Å²) >= 11 is 10.6. The highest BCUT2D eigenvalue weighted by atomic mass is 79.9. The minimum Gasteiger partial charge on any atom is -0.379 e. The third-order valence-electron chi connectivity index (χ3n) is 2.20. The molecule has 0 aliphatic rings. The van der Waals surface area contributed by atoms with Gasteiger partial charge in [0.1, 0.15) is 5.15 Å². The summed E-state index contributed by atoms with van der Waals surface area (Å²) in [4.78, 5) is 16.0. The average Bonchev–Trinajstić information content (AvgIpc) is 2.79. The maximum absolute atomic E-state index is 10.9. The van der Waals surface area contributed by atoms with Gasteiger partial charge in [0.15, 0.2) is 0 Å². The van der Waals surface area contributed by atoms with Crippen LogP contribution in [0.4, 0.5) is 5.69 Å². The SMILES string of the molecule is NC(=O)c1csc(CNc2cnc(Cl)c(Br)c2)c1. The molecule has 1 amide bonds. The van der Waals surface area contributed by atoms with Gasteiger partial charge in [-0.25, -0.2) is 4.98 Å². The summed E-state index contributed by atoms with van der Waals surface area (Å²) in [7, 11) is 0. The van der Waals surface area contributed by atoms with Gasteiger partial charge >= 0.3 is 0 Å². The lowest BCUT2D eigenvalue weighted by molar-refractivity contribution is 0.100. The summed E-state index contributed by atoms with van der Waals surface area (Å²) in [6.07, 6.45) is 1.65. The summed E-state index contributed by atoms with van der Waals surface area (Å²) in [6.45, 7) is 0.605. The van der Waals surface area contributed by atoms with Crippen molar-refractivity contribution in [3.8, 4) is 0 Å². The zero-order chi connectivity index (χ0) is 13.1. The lowest BCUT2D eigenvalue weighted by Gasteiger charge is -2.05. The number of rotatable bonds is 4. The number of nitrogens with zero attached hydrogens (tertiary/aromatic N) is 1. The van der Waals surface area contributed by atoms with Crippen LogP contribution in [0.2, 0.25) is 5.15 Å². The monoisotopic (exact) mass is 345 g/mol. The zero-order valence-electron chi connectivity index (χ0n) is 9.11. The number of thiophene rings is 1. The molecule has 0 spiro atoms. The fourth-order valence-corrected chi connectivity index (χ4v) is 2.58. The Morgan fingerprint density at radius 2 is 2.33 bits per heavy atom. The highest BCUT2D eigenvalue weighted by molar-refractivity contribution is 9.10. The highest BCUT2D eigenvalue weighted by Crippen LogP contribution is 2.23. The summed E-state index contributed by atoms with van der Waals surface area (Å²) in [5, 5.41) is 5.36. The van der Waals surface area contributed by atoms with Crippen LogP contribution >= 0.6 is 38.9 Å². The van der Waals surface area contributed by atoms with Gasteiger partial charge in [-0.1, -0.05) is 11.6 Å². The average molecular weight is 347 g/mol. The van der Waals surface area contributed by atoms with Gasteiger partial charge in [0.05, 0.1) is 21.9 Å². The van der Waals surface area contributed by atoms with Crippen LogP contribution in [0, 0.1) is 0 Å². The van der Waals surface area contributed by atoms with Gasteiger partial charge in [-0.3, -0.25) is 4.79 Å². The molecule has 0 aliphatic heterocycles. The van der Waals surface area contributed by atoms with Crippen molar-refractivity contribution in [3.63, 3.8) is 0 Å². The van der Waals surface area contributed by atoms with Gasteiger partial charge in [0, 0.05) is 16.8 Å². The van der Waals surface area contributed by atoms with Crippen molar-refractivity contribution in [1.29, 1.82) is 0 Å². The largest absolute Gasteiger partial charge is 0.379 e. The first-order chi connectivity index (χ1) is 8.56. The molecule has 94 valence electrons. The van der Waals surface area contributed by atoms with Crippen LogP contribution in [-0.4, -0.2) is 10.9 Å². The van der Waals surface area contributed by atoms with E-state index in [9.17, 15) is 4.79 Å². The maximum atomic E-state index is 10.9. The molecule has 2 rings (SSSR count). The molecule has 0 radical (unpaired) electrons. The van der Waals surface area contributed by atoms with Crippen molar-refractivity contribution in [2.45, 2.75) is 6.54 Å². The molecule has 0 aromatic carbocycles. The number of pyridine rings is 1. The predicted octanol–water partition coefficient (Wildman–Crippen LogP) is 3.27. The van der Waals surface area contributed by atoms with Crippen molar-refractivity contribution in [3.05, 3.63) is 43.8 Å². The normalized spacial score (nSPS) is 10.3. The number of carbonyl (C=O) groups excluding carboxylic acids is 1. The standard InChI is InChI=1S/C11H9BrClN3OS/c12-9-2-7(3-16-10(9)13)15-4-8-1-6(5-18-8)11(14)17/h1-3,5,15H,4H2,(H2,14,17). The minimum absolute atomic E-state index is 0.409. The Morgan fingerprint density at radius 3 is 2.94 bits per heavy atom. The first-order valence-corrected chi connectivity index (χ1v) is 7.03. The fourth-order valence-electron chi connectivity index (χ4n) is 1.31. The molecule has 7 heteroatoms. The molecule has 2 aromatic heterocycles. The number of nitrogens with two attached hydrogens (primary N) is 1. The number of halogens is 2. The predicted molar refractivity (Wildman–Crippen MR) is 77.1 cm³/mol. The van der Waals surface area contributed by atoms with E-state index >= 15 is 0 Å². The second-order valence-electron chi connectivity index (χ2n) is 3.52. The molecule has 0 bridgehead atoms. The Bertz CT molecular complexity index is 587. The van der Waals surface area contributed by atoms with Crippen LogP contribution < -0.4 is 11.1 Å². The second-order valence-corrected chi connectivity index (χ2v) is 5.72. The quantitative estimate of drug-likeness (QED) is 0.835. The van der Waals surface area contributed by atoms with E-state index < -0.39 is 5.91 Å². The van der Waals surface area contributed by atoms with Crippen LogP contribution in [0.5, 0.6) is 0 Å². The van der Waals surface area contributed by atoms with E-state index in [-0.39, 0.29) is 0 Å². The highest BCUT2D eigenvalue weighted by Gasteiger charge is 2.05. The van der Waals surface area contributed by atoms with E-state index in [0.717, 1.165) is 15.0 Å². The van der Waals surface area contributed by atoms with Gasteiger partial charge in [-0.15, -0.1) is 11.3 Å². The summed E-state index contributed by atoms with van der Waals surface area (Å²) in [5.74, 6) is -0.409. The van der Waals surface area contributed by atoms with E-state index in [0.29, 0.717) is 17.3 Å². The Hall–Kier alpha value is -1.11. The van der Waals surface area contributed by atoms with E-state index in [1.54, 1.807) is 17.6 Å². The number of anilines is 1. The molecule has 2 aromatic rings. The van der Waals surface area contributed by atoms with Crippen molar-refractivity contribution in [1.82, 2.24) is 4.98 Å². The number of hydrogen-bond acceptors (Lipinski definition) is 4. The smallest absolute Gasteiger partial charge is 0.249 e. The minimum atomic E-state index is -0.409. The lowest BCUT2D eigenvalue weighted by Crippen LogP contribution is -2.09. The Morgan fingerprint density at radius 1 is 1.56 bits per heavy atom.